The predicted molar refractivity (Wildman–Crippen MR) is 66.5 cm³/mol. The van der Waals surface area contributed by atoms with E-state index in [-0.39, 0.29) is 11.3 Å². The molecular weight excluding hydrogens is 250 g/mol. The number of rotatable bonds is 4. The zero-order chi connectivity index (χ0) is 13.8. The van der Waals surface area contributed by atoms with Crippen LogP contribution in [0.3, 0.4) is 0 Å². The van der Waals surface area contributed by atoms with Gasteiger partial charge < -0.3 is 5.32 Å². The van der Waals surface area contributed by atoms with Crippen LogP contribution >= 0.6 is 0 Å². The van der Waals surface area contributed by atoms with Crippen molar-refractivity contribution in [2.45, 2.75) is 6.42 Å². The first kappa shape index (κ1) is 13.0. The van der Waals surface area contributed by atoms with E-state index in [9.17, 15) is 8.78 Å². The van der Waals surface area contributed by atoms with Crippen molar-refractivity contribution in [1.29, 1.82) is 5.26 Å². The summed E-state index contributed by atoms with van der Waals surface area (Å²) in [6.45, 7) is 0.358. The van der Waals surface area contributed by atoms with Gasteiger partial charge in [-0.15, -0.1) is 0 Å². The first-order valence-corrected chi connectivity index (χ1v) is 5.71. The summed E-state index contributed by atoms with van der Waals surface area (Å²) in [5.41, 5.74) is 0.588. The maximum atomic E-state index is 13.6. The highest BCUT2D eigenvalue weighted by molar-refractivity contribution is 5.50. The van der Waals surface area contributed by atoms with Gasteiger partial charge in [-0.05, 0) is 18.2 Å². The highest BCUT2D eigenvalue weighted by Gasteiger charge is 2.10. The van der Waals surface area contributed by atoms with Crippen LogP contribution in [0, 0.1) is 23.0 Å². The first-order chi connectivity index (χ1) is 9.10. The second kappa shape index (κ2) is 5.48. The minimum absolute atomic E-state index is 0.0368. The Morgan fingerprint density at radius 2 is 2.05 bits per heavy atom. The summed E-state index contributed by atoms with van der Waals surface area (Å²) < 4.78 is 28.8. The molecule has 0 aliphatic rings. The standard InChI is InChI=1S/C13H12F2N4/c1-19-5-3-10(18-19)2-4-17-13-11(14)6-9(8-16)7-12(13)15/h3,5-7,17H,2,4H2,1H3. The topological polar surface area (TPSA) is 53.6 Å². The molecule has 0 aliphatic heterocycles. The van der Waals surface area contributed by atoms with Gasteiger partial charge in [0.2, 0.25) is 0 Å². The van der Waals surface area contributed by atoms with Crippen LogP contribution in [-0.4, -0.2) is 16.3 Å². The molecule has 1 heterocycles. The summed E-state index contributed by atoms with van der Waals surface area (Å²) in [7, 11) is 1.80. The summed E-state index contributed by atoms with van der Waals surface area (Å²) in [6, 6.07) is 5.55. The third kappa shape index (κ3) is 3.07. The number of benzene rings is 1. The third-order valence-corrected chi connectivity index (χ3v) is 2.62. The van der Waals surface area contributed by atoms with Crippen LogP contribution in [0.4, 0.5) is 14.5 Å². The van der Waals surface area contributed by atoms with Crippen LogP contribution in [0.2, 0.25) is 0 Å². The lowest BCUT2D eigenvalue weighted by atomic mass is 10.2. The van der Waals surface area contributed by atoms with Gasteiger partial charge in [0, 0.05) is 26.2 Å². The van der Waals surface area contributed by atoms with Crippen molar-refractivity contribution in [3.8, 4) is 6.07 Å². The highest BCUT2D eigenvalue weighted by atomic mass is 19.1. The van der Waals surface area contributed by atoms with Crippen molar-refractivity contribution in [1.82, 2.24) is 9.78 Å². The SMILES string of the molecule is Cn1ccc(CCNc2c(F)cc(C#N)cc2F)n1. The Balaban J connectivity index is 2.02. The number of hydrogen-bond donors (Lipinski definition) is 1. The average Bonchev–Trinajstić information content (AvgIpc) is 2.78. The molecule has 0 aliphatic carbocycles. The molecule has 0 unspecified atom stereocenters. The number of nitrogens with zero attached hydrogens (tertiary/aromatic N) is 3. The second-order valence-electron chi connectivity index (χ2n) is 4.08. The van der Waals surface area contributed by atoms with Gasteiger partial charge in [0.05, 0.1) is 17.3 Å². The Kier molecular flexibility index (Phi) is 3.76. The van der Waals surface area contributed by atoms with Gasteiger partial charge in [-0.25, -0.2) is 8.78 Å². The van der Waals surface area contributed by atoms with Crippen LogP contribution in [0.15, 0.2) is 24.4 Å². The normalized spacial score (nSPS) is 10.2. The number of aromatic nitrogens is 2. The summed E-state index contributed by atoms with van der Waals surface area (Å²) >= 11 is 0. The van der Waals surface area contributed by atoms with Gasteiger partial charge >= 0.3 is 0 Å². The Morgan fingerprint density at radius 3 is 2.58 bits per heavy atom. The molecule has 0 saturated carbocycles. The monoisotopic (exact) mass is 262 g/mol. The molecular formula is C13H12F2N4. The highest BCUT2D eigenvalue weighted by Crippen LogP contribution is 2.20. The fourth-order valence-electron chi connectivity index (χ4n) is 1.72. The van der Waals surface area contributed by atoms with Gasteiger partial charge in [-0.3, -0.25) is 4.68 Å². The molecule has 0 radical (unpaired) electrons. The molecule has 2 rings (SSSR count). The van der Waals surface area contributed by atoms with Crippen molar-refractivity contribution in [2.75, 3.05) is 11.9 Å². The number of hydrogen-bond acceptors (Lipinski definition) is 3. The van der Waals surface area contributed by atoms with E-state index in [1.165, 1.54) is 0 Å². The smallest absolute Gasteiger partial charge is 0.150 e. The zero-order valence-corrected chi connectivity index (χ0v) is 10.3. The average molecular weight is 262 g/mol. The molecule has 0 saturated heterocycles. The molecule has 0 fully saturated rings. The quantitative estimate of drug-likeness (QED) is 0.919. The lowest BCUT2D eigenvalue weighted by Gasteiger charge is -2.08. The lowest BCUT2D eigenvalue weighted by Crippen LogP contribution is -2.09. The molecule has 1 N–H and O–H groups in total. The minimum atomic E-state index is -0.766. The number of aryl methyl sites for hydroxylation is 1. The van der Waals surface area contributed by atoms with Crippen LogP contribution in [0.1, 0.15) is 11.3 Å². The number of nitrogens with one attached hydrogen (secondary N) is 1. The van der Waals surface area contributed by atoms with Crippen molar-refractivity contribution >= 4 is 5.69 Å². The summed E-state index contributed by atoms with van der Waals surface area (Å²) in [5.74, 6) is -1.53. The van der Waals surface area contributed by atoms with Crippen LogP contribution in [0.25, 0.3) is 0 Å². The van der Waals surface area contributed by atoms with Crippen LogP contribution in [-0.2, 0) is 13.5 Å². The lowest BCUT2D eigenvalue weighted by molar-refractivity contribution is 0.587. The van der Waals surface area contributed by atoms with E-state index in [0.717, 1.165) is 17.8 Å². The van der Waals surface area contributed by atoms with Gasteiger partial charge in [0.1, 0.15) is 5.69 Å². The number of halogens is 2. The Bertz CT molecular complexity index is 605. The second-order valence-corrected chi connectivity index (χ2v) is 4.08. The molecule has 98 valence electrons. The van der Waals surface area contributed by atoms with Crippen LogP contribution < -0.4 is 5.32 Å². The van der Waals surface area contributed by atoms with Gasteiger partial charge in [0.25, 0.3) is 0 Å². The molecule has 4 nitrogen and oxygen atoms in total. The van der Waals surface area contributed by atoms with Gasteiger partial charge in [-0.2, -0.15) is 10.4 Å². The summed E-state index contributed by atoms with van der Waals surface area (Å²) in [4.78, 5) is 0. The van der Waals surface area contributed by atoms with E-state index < -0.39 is 11.6 Å². The van der Waals surface area contributed by atoms with E-state index in [0.29, 0.717) is 13.0 Å². The van der Waals surface area contributed by atoms with E-state index in [2.05, 4.69) is 10.4 Å². The van der Waals surface area contributed by atoms with Crippen molar-refractivity contribution in [3.05, 3.63) is 47.3 Å². The molecule has 0 bridgehead atoms. The fourth-order valence-corrected chi connectivity index (χ4v) is 1.72. The first-order valence-electron chi connectivity index (χ1n) is 5.71. The molecule has 2 aromatic rings. The van der Waals surface area contributed by atoms with E-state index in [1.54, 1.807) is 24.0 Å². The van der Waals surface area contributed by atoms with E-state index in [4.69, 9.17) is 5.26 Å². The molecule has 19 heavy (non-hydrogen) atoms. The van der Waals surface area contributed by atoms with Crippen molar-refractivity contribution in [2.24, 2.45) is 7.05 Å². The van der Waals surface area contributed by atoms with E-state index >= 15 is 0 Å². The van der Waals surface area contributed by atoms with Gasteiger partial charge in [-0.1, -0.05) is 0 Å². The van der Waals surface area contributed by atoms with Crippen LogP contribution in [0.5, 0.6) is 0 Å². The van der Waals surface area contributed by atoms with E-state index in [1.807, 2.05) is 6.07 Å². The third-order valence-electron chi connectivity index (χ3n) is 2.62. The molecule has 0 atom stereocenters. The maximum absolute atomic E-state index is 13.6. The fraction of sp³-hybridized carbons (Fsp3) is 0.231. The molecule has 0 spiro atoms. The maximum Gasteiger partial charge on any atom is 0.150 e. The Morgan fingerprint density at radius 1 is 1.37 bits per heavy atom. The largest absolute Gasteiger partial charge is 0.380 e. The summed E-state index contributed by atoms with van der Waals surface area (Å²) in [6.07, 6.45) is 2.36. The van der Waals surface area contributed by atoms with Crippen molar-refractivity contribution < 1.29 is 8.78 Å². The Hall–Kier alpha value is -2.42. The number of nitriles is 1. The number of anilines is 1. The van der Waals surface area contributed by atoms with Gasteiger partial charge in [0.15, 0.2) is 11.6 Å². The van der Waals surface area contributed by atoms with Crippen molar-refractivity contribution in [3.63, 3.8) is 0 Å². The predicted octanol–water partition coefficient (Wildman–Crippen LogP) is 2.22. The summed E-state index contributed by atoms with van der Waals surface area (Å²) in [5, 5.41) is 15.4. The molecule has 6 heteroatoms. The Labute approximate surface area is 109 Å². The zero-order valence-electron chi connectivity index (χ0n) is 10.3. The minimum Gasteiger partial charge on any atom is -0.380 e. The molecule has 1 aromatic carbocycles. The molecule has 0 amide bonds. The molecule has 1 aromatic heterocycles.